The number of carbonyl (C=O) groups excluding carboxylic acids is 1. The number of nitrogens with one attached hydrogen (secondary N) is 1. The maximum Gasteiger partial charge on any atom is 0.272 e. The van der Waals surface area contributed by atoms with Gasteiger partial charge in [-0.15, -0.1) is 0 Å². The van der Waals surface area contributed by atoms with E-state index in [0.29, 0.717) is 24.1 Å². The first-order valence-electron chi connectivity index (χ1n) is 9.22. The van der Waals surface area contributed by atoms with E-state index in [1.807, 2.05) is 0 Å². The molecule has 5 nitrogen and oxygen atoms in total. The average Bonchev–Trinajstić information content (AvgIpc) is 3.31. The van der Waals surface area contributed by atoms with Crippen LogP contribution in [0.5, 0.6) is 0 Å². The van der Waals surface area contributed by atoms with Crippen molar-refractivity contribution >= 4 is 5.91 Å². The number of carbonyl (C=O) groups is 1. The van der Waals surface area contributed by atoms with Gasteiger partial charge in [0.25, 0.3) is 5.91 Å². The van der Waals surface area contributed by atoms with Gasteiger partial charge in [0, 0.05) is 23.9 Å². The van der Waals surface area contributed by atoms with E-state index >= 15 is 0 Å². The van der Waals surface area contributed by atoms with Crippen molar-refractivity contribution in [2.24, 2.45) is 0 Å². The molecule has 1 aliphatic rings. The molecule has 4 rings (SSSR count). The van der Waals surface area contributed by atoms with E-state index in [1.165, 1.54) is 35.0 Å². The lowest BCUT2D eigenvalue weighted by atomic mass is 10.1. The third-order valence-electron chi connectivity index (χ3n) is 5.00. The Labute approximate surface area is 164 Å². The van der Waals surface area contributed by atoms with Gasteiger partial charge in [-0.25, -0.2) is 17.9 Å². The molecule has 1 atom stereocenters. The lowest BCUT2D eigenvalue weighted by Crippen LogP contribution is -2.29. The number of amides is 1. The third kappa shape index (κ3) is 3.75. The minimum absolute atomic E-state index is 0.0721. The second kappa shape index (κ2) is 7.71. The van der Waals surface area contributed by atoms with E-state index in [0.717, 1.165) is 29.8 Å². The zero-order chi connectivity index (χ0) is 20.5. The van der Waals surface area contributed by atoms with Crippen molar-refractivity contribution < 1.29 is 23.1 Å². The zero-order valence-electron chi connectivity index (χ0n) is 15.3. The van der Waals surface area contributed by atoms with Crippen LogP contribution >= 0.6 is 0 Å². The number of hydrogen-bond acceptors (Lipinski definition) is 3. The molecule has 2 N–H and O–H groups in total. The van der Waals surface area contributed by atoms with Gasteiger partial charge in [0.05, 0.1) is 11.8 Å². The summed E-state index contributed by atoms with van der Waals surface area (Å²) in [4.78, 5) is 12.7. The van der Waals surface area contributed by atoms with Crippen LogP contribution in [0.2, 0.25) is 0 Å². The molecule has 0 aliphatic heterocycles. The predicted octanol–water partition coefficient (Wildman–Crippen LogP) is 3.24. The quantitative estimate of drug-likeness (QED) is 0.690. The molecule has 0 saturated heterocycles. The Hall–Kier alpha value is -3.13. The highest BCUT2D eigenvalue weighted by atomic mass is 19.2. The van der Waals surface area contributed by atoms with Gasteiger partial charge >= 0.3 is 0 Å². The molecule has 1 aliphatic carbocycles. The van der Waals surface area contributed by atoms with Crippen molar-refractivity contribution in [2.75, 3.05) is 6.54 Å². The zero-order valence-corrected chi connectivity index (χ0v) is 15.3. The van der Waals surface area contributed by atoms with E-state index in [-0.39, 0.29) is 12.2 Å². The SMILES string of the molecule is O=C(NCC(O)c1ccc(F)cc1)c1nn(-c2ccc(F)c(F)c2)c2c1CCC2. The lowest BCUT2D eigenvalue weighted by Gasteiger charge is -2.12. The lowest BCUT2D eigenvalue weighted by molar-refractivity contribution is 0.0910. The summed E-state index contributed by atoms with van der Waals surface area (Å²) in [6.45, 7) is -0.0721. The third-order valence-corrected chi connectivity index (χ3v) is 5.00. The average molecular weight is 401 g/mol. The predicted molar refractivity (Wildman–Crippen MR) is 99.2 cm³/mol. The second-order valence-electron chi connectivity index (χ2n) is 6.91. The van der Waals surface area contributed by atoms with Crippen LogP contribution in [0, 0.1) is 17.5 Å². The highest BCUT2D eigenvalue weighted by molar-refractivity contribution is 5.94. The number of aliphatic hydroxyl groups is 1. The van der Waals surface area contributed by atoms with Crippen LogP contribution in [0.3, 0.4) is 0 Å². The Kier molecular flexibility index (Phi) is 5.10. The molecule has 1 heterocycles. The minimum Gasteiger partial charge on any atom is -0.387 e. The van der Waals surface area contributed by atoms with Gasteiger partial charge in [0.1, 0.15) is 5.82 Å². The van der Waals surface area contributed by atoms with Gasteiger partial charge in [-0.3, -0.25) is 4.79 Å². The number of aliphatic hydroxyl groups excluding tert-OH is 1. The molecule has 8 heteroatoms. The summed E-state index contributed by atoms with van der Waals surface area (Å²) >= 11 is 0. The summed E-state index contributed by atoms with van der Waals surface area (Å²) in [5, 5.41) is 17.2. The Bertz CT molecular complexity index is 1060. The molecule has 0 bridgehead atoms. The summed E-state index contributed by atoms with van der Waals surface area (Å²) in [6.07, 6.45) is 1.16. The van der Waals surface area contributed by atoms with Crippen LogP contribution in [-0.2, 0) is 12.8 Å². The molecule has 1 amide bonds. The molecule has 0 saturated carbocycles. The molecule has 0 spiro atoms. The van der Waals surface area contributed by atoms with Crippen LogP contribution in [0.4, 0.5) is 13.2 Å². The van der Waals surface area contributed by atoms with Crippen molar-refractivity contribution in [3.8, 4) is 5.69 Å². The fourth-order valence-corrected chi connectivity index (χ4v) is 3.53. The maximum absolute atomic E-state index is 13.6. The van der Waals surface area contributed by atoms with E-state index in [9.17, 15) is 23.1 Å². The summed E-state index contributed by atoms with van der Waals surface area (Å²) < 4.78 is 41.3. The molecule has 1 unspecified atom stereocenters. The van der Waals surface area contributed by atoms with Gasteiger partial charge in [-0.1, -0.05) is 12.1 Å². The summed E-state index contributed by atoms with van der Waals surface area (Å²) in [5.74, 6) is -2.82. The van der Waals surface area contributed by atoms with Crippen molar-refractivity contribution in [2.45, 2.75) is 25.4 Å². The number of nitrogens with zero attached hydrogens (tertiary/aromatic N) is 2. The number of fused-ring (bicyclic) bond motifs is 1. The first kappa shape index (κ1) is 19.2. The Morgan fingerprint density at radius 3 is 2.59 bits per heavy atom. The molecule has 3 aromatic rings. The van der Waals surface area contributed by atoms with Crippen molar-refractivity contribution in [1.29, 1.82) is 0 Å². The van der Waals surface area contributed by atoms with Gasteiger partial charge in [-0.05, 0) is 49.1 Å². The summed E-state index contributed by atoms with van der Waals surface area (Å²) in [5.41, 5.74) is 2.58. The first-order chi connectivity index (χ1) is 13.9. The van der Waals surface area contributed by atoms with Crippen LogP contribution in [-0.4, -0.2) is 27.3 Å². The highest BCUT2D eigenvalue weighted by Gasteiger charge is 2.27. The van der Waals surface area contributed by atoms with Gasteiger partial charge in [0.2, 0.25) is 0 Å². The van der Waals surface area contributed by atoms with Crippen molar-refractivity contribution in [1.82, 2.24) is 15.1 Å². The standard InChI is InChI=1S/C21H18F3N3O2/c22-13-6-4-12(5-7-13)19(28)11-25-21(29)20-15-2-1-3-18(15)27(26-20)14-8-9-16(23)17(24)10-14/h4-10,19,28H,1-3,11H2,(H,25,29). The fraction of sp³-hybridized carbons (Fsp3) is 0.238. The fourth-order valence-electron chi connectivity index (χ4n) is 3.53. The van der Waals surface area contributed by atoms with E-state index in [2.05, 4.69) is 10.4 Å². The number of benzene rings is 2. The number of aromatic nitrogens is 2. The molecule has 2 aromatic carbocycles. The van der Waals surface area contributed by atoms with Crippen LogP contribution < -0.4 is 5.32 Å². The van der Waals surface area contributed by atoms with E-state index in [4.69, 9.17) is 0 Å². The Morgan fingerprint density at radius 2 is 1.86 bits per heavy atom. The smallest absolute Gasteiger partial charge is 0.272 e. The van der Waals surface area contributed by atoms with Crippen molar-refractivity contribution in [3.63, 3.8) is 0 Å². The molecular weight excluding hydrogens is 383 g/mol. The van der Waals surface area contributed by atoms with Crippen LogP contribution in [0.15, 0.2) is 42.5 Å². The number of rotatable bonds is 5. The molecular formula is C21H18F3N3O2. The molecule has 29 heavy (non-hydrogen) atoms. The Balaban J connectivity index is 1.54. The topological polar surface area (TPSA) is 67.2 Å². The monoisotopic (exact) mass is 401 g/mol. The van der Waals surface area contributed by atoms with Gasteiger partial charge < -0.3 is 10.4 Å². The van der Waals surface area contributed by atoms with E-state index in [1.54, 1.807) is 0 Å². The van der Waals surface area contributed by atoms with Crippen LogP contribution in [0.1, 0.15) is 39.8 Å². The Morgan fingerprint density at radius 1 is 1.10 bits per heavy atom. The molecule has 0 fully saturated rings. The van der Waals surface area contributed by atoms with Gasteiger partial charge in [-0.2, -0.15) is 5.10 Å². The maximum atomic E-state index is 13.6. The largest absolute Gasteiger partial charge is 0.387 e. The summed E-state index contributed by atoms with van der Waals surface area (Å²) in [6, 6.07) is 8.83. The molecule has 1 aromatic heterocycles. The van der Waals surface area contributed by atoms with Crippen LogP contribution in [0.25, 0.3) is 5.69 Å². The first-order valence-corrected chi connectivity index (χ1v) is 9.22. The van der Waals surface area contributed by atoms with Crippen molar-refractivity contribution in [3.05, 3.63) is 82.4 Å². The number of halogens is 3. The van der Waals surface area contributed by atoms with E-state index < -0.39 is 29.5 Å². The number of hydrogen-bond donors (Lipinski definition) is 2. The normalized spacial score (nSPS) is 13.9. The highest BCUT2D eigenvalue weighted by Crippen LogP contribution is 2.28. The molecule has 150 valence electrons. The second-order valence-corrected chi connectivity index (χ2v) is 6.91. The molecule has 0 radical (unpaired) electrons. The van der Waals surface area contributed by atoms with Gasteiger partial charge in [0.15, 0.2) is 17.3 Å². The summed E-state index contributed by atoms with van der Waals surface area (Å²) in [7, 11) is 0. The minimum atomic E-state index is -0.999.